The molecule has 0 unspecified atom stereocenters. The highest BCUT2D eigenvalue weighted by Crippen LogP contribution is 2.52. The number of hydroxylamine groups is 1. The number of carbonyl (C=O) groups excluding carboxylic acids is 2. The van der Waals surface area contributed by atoms with Crippen molar-refractivity contribution in [1.29, 1.82) is 0 Å². The maximum Gasteiger partial charge on any atom is 0.266 e. The second kappa shape index (κ2) is 9.54. The molecule has 2 aliphatic rings. The summed E-state index contributed by atoms with van der Waals surface area (Å²) in [4.78, 5) is 34.9. The minimum atomic E-state index is -0.980. The van der Waals surface area contributed by atoms with Crippen molar-refractivity contribution in [2.45, 2.75) is 25.5 Å². The summed E-state index contributed by atoms with van der Waals surface area (Å²) < 4.78 is 16.8. The van der Waals surface area contributed by atoms with E-state index < -0.39 is 24.0 Å². The van der Waals surface area contributed by atoms with Gasteiger partial charge in [0, 0.05) is 5.56 Å². The van der Waals surface area contributed by atoms with E-state index in [9.17, 15) is 9.59 Å². The number of nitrogens with zero attached hydrogens (tertiary/aromatic N) is 2. The van der Waals surface area contributed by atoms with Crippen molar-refractivity contribution in [3.05, 3.63) is 77.9 Å². The molecule has 36 heavy (non-hydrogen) atoms. The number of methoxy groups -OCH3 is 3. The smallest absolute Gasteiger partial charge is 0.266 e. The van der Waals surface area contributed by atoms with Crippen LogP contribution in [0.1, 0.15) is 24.1 Å². The topological polar surface area (TPSA) is 77.5 Å². The summed E-state index contributed by atoms with van der Waals surface area (Å²) in [6.07, 6.45) is -0.115. The fraction of sp³-hybridized carbons (Fsp3) is 0.286. The lowest BCUT2D eigenvalue weighted by molar-refractivity contribution is -0.126. The molecule has 3 aromatic carbocycles. The van der Waals surface area contributed by atoms with Gasteiger partial charge in [-0.25, -0.2) is 9.96 Å². The molecule has 3 aromatic rings. The van der Waals surface area contributed by atoms with Crippen LogP contribution >= 0.6 is 0 Å². The maximum atomic E-state index is 13.9. The number of benzene rings is 3. The molecule has 8 heteroatoms. The molecule has 0 spiro atoms. The summed E-state index contributed by atoms with van der Waals surface area (Å²) in [6.45, 7) is 2.05. The molecule has 0 aromatic heterocycles. The van der Waals surface area contributed by atoms with Crippen molar-refractivity contribution in [2.24, 2.45) is 5.92 Å². The van der Waals surface area contributed by atoms with Gasteiger partial charge in [-0.1, -0.05) is 37.3 Å². The lowest BCUT2D eigenvalue weighted by atomic mass is 9.89. The zero-order chi connectivity index (χ0) is 25.4. The van der Waals surface area contributed by atoms with Gasteiger partial charge < -0.3 is 14.2 Å². The summed E-state index contributed by atoms with van der Waals surface area (Å²) in [5.41, 5.74) is 3.02. The Morgan fingerprint density at radius 3 is 2.08 bits per heavy atom. The molecule has 2 aliphatic heterocycles. The van der Waals surface area contributed by atoms with Crippen molar-refractivity contribution >= 4 is 23.2 Å². The summed E-state index contributed by atoms with van der Waals surface area (Å²) in [5, 5.41) is 1.63. The van der Waals surface area contributed by atoms with Gasteiger partial charge in [-0.05, 0) is 48.4 Å². The molecule has 3 atom stereocenters. The molecule has 0 radical (unpaired) electrons. The number of anilines is 2. The second-order valence-corrected chi connectivity index (χ2v) is 8.61. The van der Waals surface area contributed by atoms with Crippen LogP contribution in [0.2, 0.25) is 0 Å². The Balaban J connectivity index is 1.63. The van der Waals surface area contributed by atoms with Gasteiger partial charge in [0.2, 0.25) is 11.7 Å². The van der Waals surface area contributed by atoms with Crippen molar-refractivity contribution in [3.63, 3.8) is 0 Å². The number of ether oxygens (including phenoxy) is 3. The predicted octanol–water partition coefficient (Wildman–Crippen LogP) is 4.33. The fourth-order valence-corrected chi connectivity index (χ4v) is 5.02. The number of carbonyl (C=O) groups is 2. The number of rotatable bonds is 7. The van der Waals surface area contributed by atoms with Gasteiger partial charge in [0.1, 0.15) is 12.0 Å². The van der Waals surface area contributed by atoms with Crippen LogP contribution in [0, 0.1) is 5.92 Å². The van der Waals surface area contributed by atoms with Gasteiger partial charge in [-0.2, -0.15) is 0 Å². The van der Waals surface area contributed by atoms with Crippen LogP contribution in [-0.4, -0.2) is 39.2 Å². The van der Waals surface area contributed by atoms with E-state index in [1.165, 1.54) is 19.1 Å². The van der Waals surface area contributed by atoms with E-state index in [4.69, 9.17) is 19.0 Å². The highest BCUT2D eigenvalue weighted by atomic mass is 16.7. The number of hydrogen-bond donors (Lipinski definition) is 0. The molecule has 5 rings (SSSR count). The highest BCUT2D eigenvalue weighted by Gasteiger charge is 2.61. The molecule has 0 N–H and O–H groups in total. The Hall–Kier alpha value is -4.04. The molecule has 186 valence electrons. The largest absolute Gasteiger partial charge is 0.493 e. The van der Waals surface area contributed by atoms with Gasteiger partial charge in [0.15, 0.2) is 17.6 Å². The number of aryl methyl sites for hydroxylation is 1. The lowest BCUT2D eigenvalue weighted by Crippen LogP contribution is -2.37. The van der Waals surface area contributed by atoms with Crippen molar-refractivity contribution in [2.75, 3.05) is 31.3 Å². The number of fused-ring (bicyclic) bond motifs is 1. The molecule has 2 fully saturated rings. The van der Waals surface area contributed by atoms with E-state index in [1.54, 1.807) is 30.4 Å². The quantitative estimate of drug-likeness (QED) is 0.458. The Morgan fingerprint density at radius 2 is 1.47 bits per heavy atom. The van der Waals surface area contributed by atoms with Crippen LogP contribution in [0.5, 0.6) is 17.2 Å². The number of hydrogen-bond acceptors (Lipinski definition) is 7. The average molecular weight is 489 g/mol. The normalized spacial score (nSPS) is 21.1. The first-order chi connectivity index (χ1) is 17.5. The molecule has 2 amide bonds. The molecule has 2 heterocycles. The fourth-order valence-electron chi connectivity index (χ4n) is 5.02. The number of para-hydroxylation sites is 1. The van der Waals surface area contributed by atoms with Gasteiger partial charge in [-0.3, -0.25) is 14.4 Å². The Morgan fingerprint density at radius 1 is 0.778 bits per heavy atom. The summed E-state index contributed by atoms with van der Waals surface area (Å²) in [7, 11) is 4.60. The summed E-state index contributed by atoms with van der Waals surface area (Å²) in [6, 6.07) is 19.8. The van der Waals surface area contributed by atoms with Crippen LogP contribution < -0.4 is 24.2 Å². The second-order valence-electron chi connectivity index (χ2n) is 8.61. The number of amides is 2. The van der Waals surface area contributed by atoms with Gasteiger partial charge in [0.05, 0.1) is 32.7 Å². The Labute approximate surface area is 209 Å². The van der Waals surface area contributed by atoms with E-state index in [2.05, 4.69) is 6.92 Å². The first-order valence-corrected chi connectivity index (χ1v) is 11.8. The summed E-state index contributed by atoms with van der Waals surface area (Å²) >= 11 is 0. The first kappa shape index (κ1) is 23.7. The monoisotopic (exact) mass is 488 g/mol. The van der Waals surface area contributed by atoms with Crippen LogP contribution in [0.15, 0.2) is 66.7 Å². The molecule has 0 saturated carbocycles. The zero-order valence-corrected chi connectivity index (χ0v) is 20.6. The number of imide groups is 1. The Kier molecular flexibility index (Phi) is 6.28. The average Bonchev–Trinajstić information content (AvgIpc) is 3.43. The zero-order valence-electron chi connectivity index (χ0n) is 20.6. The van der Waals surface area contributed by atoms with E-state index >= 15 is 0 Å². The van der Waals surface area contributed by atoms with E-state index in [0.717, 1.165) is 12.0 Å². The third-order valence-corrected chi connectivity index (χ3v) is 6.78. The van der Waals surface area contributed by atoms with E-state index in [0.29, 0.717) is 34.2 Å². The standard InChI is InChI=1S/C28H28N2O6/c1-5-17-11-13-18(14-12-17)29-27(31)22-23(20-15-16-21(33-2)25(35-4)24(20)34-3)30(36-26(22)28(29)32)19-9-7-6-8-10-19/h6-16,22-23,26H,5H2,1-4H3/t22-,23-,26-/m1/s1. The molecule has 2 saturated heterocycles. The molecule has 0 aliphatic carbocycles. The molecule has 8 nitrogen and oxygen atoms in total. The van der Waals surface area contributed by atoms with Gasteiger partial charge in [0.25, 0.3) is 5.91 Å². The van der Waals surface area contributed by atoms with Crippen LogP contribution in [0.25, 0.3) is 0 Å². The van der Waals surface area contributed by atoms with Gasteiger partial charge >= 0.3 is 0 Å². The van der Waals surface area contributed by atoms with Crippen LogP contribution in [-0.2, 0) is 20.8 Å². The molecule has 0 bridgehead atoms. The maximum absolute atomic E-state index is 13.9. The predicted molar refractivity (Wildman–Crippen MR) is 134 cm³/mol. The van der Waals surface area contributed by atoms with Crippen molar-refractivity contribution in [3.8, 4) is 17.2 Å². The first-order valence-electron chi connectivity index (χ1n) is 11.8. The van der Waals surface area contributed by atoms with Crippen LogP contribution in [0.3, 0.4) is 0 Å². The Bertz CT molecular complexity index is 1280. The summed E-state index contributed by atoms with van der Waals surface area (Å²) in [5.74, 6) is -0.204. The lowest BCUT2D eigenvalue weighted by Gasteiger charge is -2.30. The van der Waals surface area contributed by atoms with E-state index in [-0.39, 0.29) is 5.91 Å². The minimum Gasteiger partial charge on any atom is -0.493 e. The van der Waals surface area contributed by atoms with E-state index in [1.807, 2.05) is 48.5 Å². The molecular weight excluding hydrogens is 460 g/mol. The van der Waals surface area contributed by atoms with Crippen molar-refractivity contribution < 1.29 is 28.6 Å². The minimum absolute atomic E-state index is 0.325. The molecular formula is C28H28N2O6. The third-order valence-electron chi connectivity index (χ3n) is 6.78. The van der Waals surface area contributed by atoms with Crippen LogP contribution in [0.4, 0.5) is 11.4 Å². The SMILES string of the molecule is CCc1ccc(N2C(=O)[C@@H]3[C@@H](c4ccc(OC)c(OC)c4OC)N(c4ccccc4)O[C@H]3C2=O)cc1. The highest BCUT2D eigenvalue weighted by molar-refractivity contribution is 6.24. The van der Waals surface area contributed by atoms with Crippen molar-refractivity contribution in [1.82, 2.24) is 0 Å². The van der Waals surface area contributed by atoms with Gasteiger partial charge in [-0.15, -0.1) is 0 Å². The third kappa shape index (κ3) is 3.65.